The monoisotopic (exact) mass is 167 g/mol. The minimum Gasteiger partial charge on any atom is -0.328 e. The molecular formula is C7H13N5. The summed E-state index contributed by atoms with van der Waals surface area (Å²) in [7, 11) is 0. The largest absolute Gasteiger partial charge is 0.328 e. The molecule has 0 atom stereocenters. The third kappa shape index (κ3) is 1.02. The molecule has 2 rings (SSSR count). The number of nitrogens with two attached hydrogens (primary N) is 2. The fourth-order valence-corrected chi connectivity index (χ4v) is 1.29. The number of rotatable bonds is 3. The van der Waals surface area contributed by atoms with Crippen LogP contribution in [0, 0.1) is 0 Å². The van der Waals surface area contributed by atoms with Gasteiger partial charge in [0.05, 0.1) is 17.4 Å². The molecule has 1 aromatic rings. The Morgan fingerprint density at radius 2 is 2.25 bits per heavy atom. The van der Waals surface area contributed by atoms with Crippen molar-refractivity contribution in [1.29, 1.82) is 0 Å². The number of hydrogen-bond acceptors (Lipinski definition) is 4. The molecule has 0 saturated heterocycles. The molecule has 12 heavy (non-hydrogen) atoms. The molecule has 5 nitrogen and oxygen atoms in total. The molecule has 0 spiro atoms. The molecule has 1 aromatic heterocycles. The van der Waals surface area contributed by atoms with Gasteiger partial charge in [-0.2, -0.15) is 0 Å². The quantitative estimate of drug-likeness (QED) is 0.616. The average molecular weight is 167 g/mol. The van der Waals surface area contributed by atoms with Crippen LogP contribution in [0.25, 0.3) is 0 Å². The lowest BCUT2D eigenvalue weighted by Gasteiger charge is -2.10. The fraction of sp³-hybridized carbons (Fsp3) is 0.714. The Morgan fingerprint density at radius 3 is 2.67 bits per heavy atom. The topological polar surface area (TPSA) is 82.8 Å². The fourth-order valence-electron chi connectivity index (χ4n) is 1.29. The summed E-state index contributed by atoms with van der Waals surface area (Å²) in [5.74, 6) is 0. The Balaban J connectivity index is 2.23. The van der Waals surface area contributed by atoms with Crippen molar-refractivity contribution in [3.05, 3.63) is 11.9 Å². The summed E-state index contributed by atoms with van der Waals surface area (Å²) in [5, 5.41) is 7.92. The Kier molecular flexibility index (Phi) is 1.62. The van der Waals surface area contributed by atoms with Gasteiger partial charge < -0.3 is 11.5 Å². The summed E-state index contributed by atoms with van der Waals surface area (Å²) >= 11 is 0. The summed E-state index contributed by atoms with van der Waals surface area (Å²) < 4.78 is 1.86. The van der Waals surface area contributed by atoms with Crippen LogP contribution in [0.2, 0.25) is 0 Å². The molecule has 1 fully saturated rings. The van der Waals surface area contributed by atoms with E-state index in [-0.39, 0.29) is 5.54 Å². The van der Waals surface area contributed by atoms with Crippen molar-refractivity contribution in [2.45, 2.75) is 24.9 Å². The molecule has 0 bridgehead atoms. The third-order valence-corrected chi connectivity index (χ3v) is 2.44. The van der Waals surface area contributed by atoms with Gasteiger partial charge in [0, 0.05) is 13.1 Å². The van der Waals surface area contributed by atoms with Gasteiger partial charge in [-0.3, -0.25) is 0 Å². The van der Waals surface area contributed by atoms with Gasteiger partial charge in [0.15, 0.2) is 0 Å². The highest BCUT2D eigenvalue weighted by molar-refractivity contribution is 5.03. The van der Waals surface area contributed by atoms with Crippen LogP contribution in [0.4, 0.5) is 0 Å². The molecule has 0 radical (unpaired) electrons. The lowest BCUT2D eigenvalue weighted by molar-refractivity contribution is 0.429. The van der Waals surface area contributed by atoms with Crippen LogP contribution in [-0.2, 0) is 12.1 Å². The van der Waals surface area contributed by atoms with Gasteiger partial charge in [-0.05, 0) is 12.8 Å². The van der Waals surface area contributed by atoms with Gasteiger partial charge in [0.2, 0.25) is 0 Å². The molecule has 0 unspecified atom stereocenters. The van der Waals surface area contributed by atoms with E-state index in [4.69, 9.17) is 11.5 Å². The predicted molar refractivity (Wildman–Crippen MR) is 44.2 cm³/mol. The van der Waals surface area contributed by atoms with Crippen molar-refractivity contribution < 1.29 is 0 Å². The zero-order valence-corrected chi connectivity index (χ0v) is 6.90. The Hall–Kier alpha value is -0.940. The smallest absolute Gasteiger partial charge is 0.0962 e. The second-order valence-electron chi connectivity index (χ2n) is 3.29. The lowest BCUT2D eigenvalue weighted by Crippen LogP contribution is -2.27. The van der Waals surface area contributed by atoms with Gasteiger partial charge in [-0.15, -0.1) is 5.10 Å². The number of nitrogens with zero attached hydrogens (tertiary/aromatic N) is 3. The summed E-state index contributed by atoms with van der Waals surface area (Å²) in [6, 6.07) is 0. The standard InChI is InChI=1S/C7H13N5/c8-3-6-4-12(11-10-6)7(5-9)1-2-7/h4H,1-3,5,8-9H2. The van der Waals surface area contributed by atoms with E-state index in [0.29, 0.717) is 13.1 Å². The van der Waals surface area contributed by atoms with E-state index in [2.05, 4.69) is 10.3 Å². The van der Waals surface area contributed by atoms with Gasteiger partial charge >= 0.3 is 0 Å². The van der Waals surface area contributed by atoms with Crippen molar-refractivity contribution in [2.75, 3.05) is 6.54 Å². The van der Waals surface area contributed by atoms with Crippen LogP contribution in [0.1, 0.15) is 18.5 Å². The van der Waals surface area contributed by atoms with Crippen LogP contribution in [0.5, 0.6) is 0 Å². The van der Waals surface area contributed by atoms with E-state index in [1.54, 1.807) is 0 Å². The lowest BCUT2D eigenvalue weighted by atomic mass is 10.3. The Morgan fingerprint density at radius 1 is 1.50 bits per heavy atom. The van der Waals surface area contributed by atoms with E-state index < -0.39 is 0 Å². The van der Waals surface area contributed by atoms with Crippen molar-refractivity contribution in [2.24, 2.45) is 11.5 Å². The van der Waals surface area contributed by atoms with E-state index in [1.807, 2.05) is 10.9 Å². The first-order chi connectivity index (χ1) is 5.80. The molecule has 0 aliphatic heterocycles. The van der Waals surface area contributed by atoms with E-state index in [0.717, 1.165) is 18.5 Å². The number of aromatic nitrogens is 3. The molecule has 66 valence electrons. The molecule has 5 heteroatoms. The van der Waals surface area contributed by atoms with E-state index in [1.165, 1.54) is 0 Å². The van der Waals surface area contributed by atoms with Crippen LogP contribution in [0.3, 0.4) is 0 Å². The summed E-state index contributed by atoms with van der Waals surface area (Å²) in [5.41, 5.74) is 12.0. The zero-order chi connectivity index (χ0) is 8.60. The molecule has 1 aliphatic rings. The Bertz CT molecular complexity index is 275. The van der Waals surface area contributed by atoms with Crippen molar-refractivity contribution in [3.8, 4) is 0 Å². The van der Waals surface area contributed by atoms with E-state index in [9.17, 15) is 0 Å². The maximum atomic E-state index is 5.63. The van der Waals surface area contributed by atoms with Crippen LogP contribution >= 0.6 is 0 Å². The van der Waals surface area contributed by atoms with Crippen LogP contribution in [0.15, 0.2) is 6.20 Å². The first kappa shape index (κ1) is 7.70. The Labute approximate surface area is 70.7 Å². The minimum absolute atomic E-state index is 0.0699. The maximum absolute atomic E-state index is 5.63. The van der Waals surface area contributed by atoms with Gasteiger partial charge in [-0.1, -0.05) is 5.21 Å². The first-order valence-corrected chi connectivity index (χ1v) is 4.12. The highest BCUT2D eigenvalue weighted by Gasteiger charge is 2.44. The molecular weight excluding hydrogens is 154 g/mol. The zero-order valence-electron chi connectivity index (χ0n) is 6.90. The highest BCUT2D eigenvalue weighted by atomic mass is 15.5. The third-order valence-electron chi connectivity index (χ3n) is 2.44. The number of hydrogen-bond donors (Lipinski definition) is 2. The first-order valence-electron chi connectivity index (χ1n) is 4.12. The predicted octanol–water partition coefficient (Wildman–Crippen LogP) is -0.815. The maximum Gasteiger partial charge on any atom is 0.0962 e. The van der Waals surface area contributed by atoms with Crippen LogP contribution in [-0.4, -0.2) is 21.5 Å². The van der Waals surface area contributed by atoms with Crippen molar-refractivity contribution in [3.63, 3.8) is 0 Å². The second-order valence-corrected chi connectivity index (χ2v) is 3.29. The van der Waals surface area contributed by atoms with Crippen molar-refractivity contribution in [1.82, 2.24) is 15.0 Å². The normalized spacial score (nSPS) is 19.5. The molecule has 4 N–H and O–H groups in total. The molecule has 0 amide bonds. The molecule has 1 heterocycles. The van der Waals surface area contributed by atoms with E-state index >= 15 is 0 Å². The van der Waals surface area contributed by atoms with Gasteiger partial charge in [-0.25, -0.2) is 4.68 Å². The molecule has 1 aliphatic carbocycles. The van der Waals surface area contributed by atoms with Crippen LogP contribution < -0.4 is 11.5 Å². The van der Waals surface area contributed by atoms with Crippen molar-refractivity contribution >= 4 is 0 Å². The van der Waals surface area contributed by atoms with Gasteiger partial charge in [0.1, 0.15) is 0 Å². The SMILES string of the molecule is NCc1cn(C2(CN)CC2)nn1. The average Bonchev–Trinajstić information content (AvgIpc) is 2.77. The molecule has 1 saturated carbocycles. The summed E-state index contributed by atoms with van der Waals surface area (Å²) in [4.78, 5) is 0. The second kappa shape index (κ2) is 2.53. The minimum atomic E-state index is 0.0699. The van der Waals surface area contributed by atoms with Gasteiger partial charge in [0.25, 0.3) is 0 Å². The summed E-state index contributed by atoms with van der Waals surface area (Å²) in [6.45, 7) is 1.08. The highest BCUT2D eigenvalue weighted by Crippen LogP contribution is 2.41. The summed E-state index contributed by atoms with van der Waals surface area (Å²) in [6.07, 6.45) is 4.10. The molecule has 0 aromatic carbocycles.